The van der Waals surface area contributed by atoms with Crippen molar-refractivity contribution in [3.63, 3.8) is 0 Å². The number of pyridine rings is 1. The van der Waals surface area contributed by atoms with E-state index in [1.807, 2.05) is 35.2 Å². The van der Waals surface area contributed by atoms with Crippen LogP contribution in [0.2, 0.25) is 5.15 Å². The third-order valence-corrected chi connectivity index (χ3v) is 4.67. The Morgan fingerprint density at radius 3 is 2.79 bits per heavy atom. The predicted molar refractivity (Wildman–Crippen MR) is 92.7 cm³/mol. The van der Waals surface area contributed by atoms with E-state index in [1.54, 1.807) is 12.1 Å². The largest absolute Gasteiger partial charge is 0.334 e. The van der Waals surface area contributed by atoms with E-state index in [9.17, 15) is 10.1 Å². The summed E-state index contributed by atoms with van der Waals surface area (Å²) in [6.45, 7) is 0.661. The highest BCUT2D eigenvalue weighted by Crippen LogP contribution is 2.31. The van der Waals surface area contributed by atoms with Gasteiger partial charge in [0.2, 0.25) is 0 Å². The van der Waals surface area contributed by atoms with Crippen molar-refractivity contribution in [3.05, 3.63) is 64.9 Å². The number of piperidine rings is 1. The van der Waals surface area contributed by atoms with Crippen molar-refractivity contribution in [2.45, 2.75) is 31.2 Å². The van der Waals surface area contributed by atoms with E-state index < -0.39 is 0 Å². The summed E-state index contributed by atoms with van der Waals surface area (Å²) in [5, 5.41) is 10.0. The second-order valence-corrected chi connectivity index (χ2v) is 6.33. The normalized spacial score (nSPS) is 18.7. The number of likely N-dealkylation sites (tertiary alicyclic amines) is 1. The molecule has 0 spiro atoms. The van der Waals surface area contributed by atoms with Crippen LogP contribution in [0.5, 0.6) is 0 Å². The maximum Gasteiger partial charge on any atom is 0.254 e. The van der Waals surface area contributed by atoms with Crippen molar-refractivity contribution in [2.24, 2.45) is 0 Å². The minimum atomic E-state index is -0.326. The van der Waals surface area contributed by atoms with Crippen LogP contribution in [-0.4, -0.2) is 28.4 Å². The lowest BCUT2D eigenvalue weighted by Gasteiger charge is -2.38. The number of rotatable bonds is 3. The fourth-order valence-electron chi connectivity index (χ4n) is 3.30. The molecule has 0 bridgehead atoms. The van der Waals surface area contributed by atoms with Crippen LogP contribution in [0.15, 0.2) is 48.7 Å². The van der Waals surface area contributed by atoms with Crippen molar-refractivity contribution in [3.8, 4) is 6.07 Å². The topological polar surface area (TPSA) is 57.0 Å². The molecule has 0 aliphatic carbocycles. The first-order valence-electron chi connectivity index (χ1n) is 8.08. The number of nitriles is 1. The quantitative estimate of drug-likeness (QED) is 0.793. The predicted octanol–water partition coefficient (Wildman–Crippen LogP) is 4.04. The molecule has 1 amide bonds. The molecule has 5 heteroatoms. The van der Waals surface area contributed by atoms with E-state index in [0.717, 1.165) is 24.8 Å². The molecule has 0 saturated carbocycles. The van der Waals surface area contributed by atoms with Crippen LogP contribution in [0.25, 0.3) is 0 Å². The molecule has 0 unspecified atom stereocenters. The monoisotopic (exact) mass is 339 g/mol. The van der Waals surface area contributed by atoms with Gasteiger partial charge in [0, 0.05) is 18.3 Å². The summed E-state index contributed by atoms with van der Waals surface area (Å²) < 4.78 is 0. The zero-order valence-corrected chi connectivity index (χ0v) is 14.0. The zero-order chi connectivity index (χ0) is 16.9. The Morgan fingerprint density at radius 2 is 2.08 bits per heavy atom. The molecule has 122 valence electrons. The Morgan fingerprint density at radius 1 is 1.29 bits per heavy atom. The summed E-state index contributed by atoms with van der Waals surface area (Å²) in [5.41, 5.74) is 1.48. The van der Waals surface area contributed by atoms with Gasteiger partial charge in [-0.1, -0.05) is 41.9 Å². The molecule has 1 aliphatic rings. The minimum absolute atomic E-state index is 0.0832. The van der Waals surface area contributed by atoms with E-state index >= 15 is 0 Å². The molecule has 1 fully saturated rings. The smallest absolute Gasteiger partial charge is 0.254 e. The molecule has 2 atom stereocenters. The van der Waals surface area contributed by atoms with Crippen molar-refractivity contribution >= 4 is 17.5 Å². The molecule has 1 aromatic heterocycles. The first-order valence-corrected chi connectivity index (χ1v) is 8.45. The molecule has 0 N–H and O–H groups in total. The maximum atomic E-state index is 12.9. The highest BCUT2D eigenvalue weighted by Gasteiger charge is 2.34. The second-order valence-electron chi connectivity index (χ2n) is 5.95. The average Bonchev–Trinajstić information content (AvgIpc) is 2.63. The van der Waals surface area contributed by atoms with Gasteiger partial charge in [0.1, 0.15) is 5.15 Å². The van der Waals surface area contributed by atoms with Gasteiger partial charge in [0.05, 0.1) is 18.0 Å². The summed E-state index contributed by atoms with van der Waals surface area (Å²) >= 11 is 5.92. The first kappa shape index (κ1) is 16.5. The summed E-state index contributed by atoms with van der Waals surface area (Å²) in [6.07, 6.45) is 4.34. The Kier molecular flexibility index (Phi) is 5.12. The molecule has 0 radical (unpaired) electrons. The van der Waals surface area contributed by atoms with Crippen molar-refractivity contribution in [1.82, 2.24) is 9.88 Å². The van der Waals surface area contributed by atoms with Gasteiger partial charge in [0.15, 0.2) is 0 Å². The van der Waals surface area contributed by atoms with E-state index in [1.165, 1.54) is 6.20 Å². The fourth-order valence-corrected chi connectivity index (χ4v) is 3.47. The maximum absolute atomic E-state index is 12.9. The summed E-state index contributed by atoms with van der Waals surface area (Å²) in [4.78, 5) is 18.7. The van der Waals surface area contributed by atoms with Gasteiger partial charge >= 0.3 is 0 Å². The SMILES string of the molecule is N#C[C@@H](c1ccccc1)[C@@H]1CCCCN1C(=O)c1ccnc(Cl)c1. The molecular weight excluding hydrogens is 322 g/mol. The Hall–Kier alpha value is -2.38. The van der Waals surface area contributed by atoms with E-state index in [4.69, 9.17) is 11.6 Å². The van der Waals surface area contributed by atoms with Crippen LogP contribution >= 0.6 is 11.6 Å². The zero-order valence-electron chi connectivity index (χ0n) is 13.2. The molecule has 3 rings (SSSR count). The lowest BCUT2D eigenvalue weighted by Crippen LogP contribution is -2.46. The third kappa shape index (κ3) is 3.42. The summed E-state index contributed by atoms with van der Waals surface area (Å²) in [6, 6.07) is 15.2. The number of carbonyl (C=O) groups is 1. The van der Waals surface area contributed by atoms with Gasteiger partial charge < -0.3 is 4.90 Å². The number of halogens is 1. The summed E-state index contributed by atoms with van der Waals surface area (Å²) in [5.74, 6) is -0.409. The van der Waals surface area contributed by atoms with Crippen LogP contribution in [-0.2, 0) is 0 Å². The van der Waals surface area contributed by atoms with E-state index in [2.05, 4.69) is 11.1 Å². The first-order chi connectivity index (χ1) is 11.7. The molecular formula is C19H18ClN3O. The van der Waals surface area contributed by atoms with Gasteiger partial charge in [-0.25, -0.2) is 4.98 Å². The standard InChI is InChI=1S/C19H18ClN3O/c20-18-12-15(9-10-22-18)19(24)23-11-5-4-8-17(23)16(13-21)14-6-2-1-3-7-14/h1-3,6-7,9-10,12,16-17H,4-5,8,11H2/t16-,17-/m0/s1. The van der Waals surface area contributed by atoms with Gasteiger partial charge in [0.25, 0.3) is 5.91 Å². The number of carbonyl (C=O) groups excluding carboxylic acids is 1. The molecule has 2 heterocycles. The van der Waals surface area contributed by atoms with E-state index in [-0.39, 0.29) is 17.9 Å². The van der Waals surface area contributed by atoms with Crippen LogP contribution < -0.4 is 0 Å². The van der Waals surface area contributed by atoms with E-state index in [0.29, 0.717) is 17.3 Å². The number of hydrogen-bond acceptors (Lipinski definition) is 3. The molecule has 1 aromatic carbocycles. The Labute approximate surface area is 146 Å². The lowest BCUT2D eigenvalue weighted by molar-refractivity contribution is 0.0596. The number of aromatic nitrogens is 1. The molecule has 24 heavy (non-hydrogen) atoms. The number of hydrogen-bond donors (Lipinski definition) is 0. The number of benzene rings is 1. The average molecular weight is 340 g/mol. The lowest BCUT2D eigenvalue weighted by atomic mass is 9.86. The summed E-state index contributed by atoms with van der Waals surface area (Å²) in [7, 11) is 0. The van der Waals surface area contributed by atoms with Gasteiger partial charge in [-0.05, 0) is 37.0 Å². The third-order valence-electron chi connectivity index (χ3n) is 4.47. The molecule has 1 saturated heterocycles. The highest BCUT2D eigenvalue weighted by molar-refractivity contribution is 6.29. The van der Waals surface area contributed by atoms with Crippen LogP contribution in [0.3, 0.4) is 0 Å². The van der Waals surface area contributed by atoms with Gasteiger partial charge in [-0.2, -0.15) is 5.26 Å². The van der Waals surface area contributed by atoms with Crippen LogP contribution in [0.4, 0.5) is 0 Å². The van der Waals surface area contributed by atoms with Crippen molar-refractivity contribution < 1.29 is 4.79 Å². The van der Waals surface area contributed by atoms with Crippen LogP contribution in [0, 0.1) is 11.3 Å². The molecule has 4 nitrogen and oxygen atoms in total. The number of amides is 1. The van der Waals surface area contributed by atoms with Gasteiger partial charge in [-0.3, -0.25) is 4.79 Å². The second kappa shape index (κ2) is 7.46. The minimum Gasteiger partial charge on any atom is -0.334 e. The molecule has 1 aliphatic heterocycles. The Balaban J connectivity index is 1.91. The Bertz CT molecular complexity index is 757. The molecule has 2 aromatic rings. The highest BCUT2D eigenvalue weighted by atomic mass is 35.5. The fraction of sp³-hybridized carbons (Fsp3) is 0.316. The van der Waals surface area contributed by atoms with Crippen LogP contribution in [0.1, 0.15) is 41.1 Å². The van der Waals surface area contributed by atoms with Crippen molar-refractivity contribution in [2.75, 3.05) is 6.54 Å². The van der Waals surface area contributed by atoms with Crippen molar-refractivity contribution in [1.29, 1.82) is 5.26 Å². The van der Waals surface area contributed by atoms with Gasteiger partial charge in [-0.15, -0.1) is 0 Å². The number of nitrogens with zero attached hydrogens (tertiary/aromatic N) is 3.